The third kappa shape index (κ3) is 5.21. The summed E-state index contributed by atoms with van der Waals surface area (Å²) in [7, 11) is 2.03. The quantitative estimate of drug-likeness (QED) is 0.610. The molecule has 1 aliphatic rings. The van der Waals surface area contributed by atoms with Crippen molar-refractivity contribution >= 4 is 12.0 Å². The van der Waals surface area contributed by atoms with E-state index < -0.39 is 11.9 Å². The van der Waals surface area contributed by atoms with Crippen LogP contribution in [0.2, 0.25) is 0 Å². The highest BCUT2D eigenvalue weighted by atomic mass is 16.4. The number of hydrogen-bond acceptors (Lipinski definition) is 3. The highest BCUT2D eigenvalue weighted by Gasteiger charge is 2.25. The summed E-state index contributed by atoms with van der Waals surface area (Å²) in [5, 5.41) is 14.4. The Morgan fingerprint density at radius 2 is 2.15 bits per heavy atom. The number of carbonyl (C=O) groups is 2. The van der Waals surface area contributed by atoms with Crippen LogP contribution in [0.4, 0.5) is 4.79 Å². The second kappa shape index (κ2) is 7.89. The van der Waals surface area contributed by atoms with Gasteiger partial charge < -0.3 is 20.6 Å². The molecular weight excluding hydrogens is 258 g/mol. The van der Waals surface area contributed by atoms with Crippen LogP contribution < -0.4 is 10.6 Å². The zero-order chi connectivity index (χ0) is 15.1. The molecule has 0 saturated carbocycles. The number of carboxylic acids is 1. The molecule has 6 nitrogen and oxygen atoms in total. The fraction of sp³-hybridized carbons (Fsp3) is 0.714. The molecule has 0 aliphatic heterocycles. The van der Waals surface area contributed by atoms with Gasteiger partial charge in [0.2, 0.25) is 0 Å². The first-order valence-electron chi connectivity index (χ1n) is 7.09. The van der Waals surface area contributed by atoms with E-state index in [-0.39, 0.29) is 12.1 Å². The van der Waals surface area contributed by atoms with Gasteiger partial charge in [-0.25, -0.2) is 4.79 Å². The molecule has 0 saturated heterocycles. The molecule has 0 aromatic carbocycles. The average molecular weight is 283 g/mol. The molecular formula is C14H25N3O3. The smallest absolute Gasteiger partial charge is 0.315 e. The van der Waals surface area contributed by atoms with E-state index >= 15 is 0 Å². The summed E-state index contributed by atoms with van der Waals surface area (Å²) in [6.45, 7) is 5.65. The normalized spacial score (nSPS) is 22.8. The summed E-state index contributed by atoms with van der Waals surface area (Å²) in [5.41, 5.74) is 0. The van der Waals surface area contributed by atoms with Gasteiger partial charge in [-0.2, -0.15) is 0 Å². The predicted octanol–water partition coefficient (Wildman–Crippen LogP) is 1.05. The lowest BCUT2D eigenvalue weighted by Gasteiger charge is -2.23. The molecule has 3 atom stereocenters. The minimum atomic E-state index is -0.846. The topological polar surface area (TPSA) is 81.7 Å². The number of hydrogen-bond donors (Lipinski definition) is 3. The van der Waals surface area contributed by atoms with Crippen molar-refractivity contribution in [2.24, 2.45) is 5.92 Å². The molecule has 0 spiro atoms. The molecule has 0 bridgehead atoms. The Bertz CT molecular complexity index is 371. The van der Waals surface area contributed by atoms with E-state index in [0.717, 1.165) is 13.0 Å². The number of nitrogens with zero attached hydrogens (tertiary/aromatic N) is 1. The molecule has 20 heavy (non-hydrogen) atoms. The van der Waals surface area contributed by atoms with E-state index in [1.807, 2.05) is 7.05 Å². The van der Waals surface area contributed by atoms with Crippen LogP contribution in [0, 0.1) is 5.92 Å². The van der Waals surface area contributed by atoms with Crippen molar-refractivity contribution in [1.82, 2.24) is 15.5 Å². The van der Waals surface area contributed by atoms with E-state index in [9.17, 15) is 9.59 Å². The van der Waals surface area contributed by atoms with Gasteiger partial charge in [0.05, 0.1) is 12.0 Å². The molecule has 3 N–H and O–H groups in total. The van der Waals surface area contributed by atoms with Gasteiger partial charge in [-0.3, -0.25) is 4.79 Å². The van der Waals surface area contributed by atoms with Gasteiger partial charge in [0, 0.05) is 19.1 Å². The second-order valence-electron chi connectivity index (χ2n) is 5.31. The van der Waals surface area contributed by atoms with E-state index in [4.69, 9.17) is 5.11 Å². The number of rotatable bonds is 7. The van der Waals surface area contributed by atoms with Gasteiger partial charge >= 0.3 is 12.0 Å². The minimum absolute atomic E-state index is 0.191. The fourth-order valence-corrected chi connectivity index (χ4v) is 2.09. The van der Waals surface area contributed by atoms with Crippen LogP contribution >= 0.6 is 0 Å². The van der Waals surface area contributed by atoms with Crippen molar-refractivity contribution in [3.05, 3.63) is 12.2 Å². The van der Waals surface area contributed by atoms with Gasteiger partial charge in [-0.1, -0.05) is 19.1 Å². The largest absolute Gasteiger partial charge is 0.481 e. The maximum Gasteiger partial charge on any atom is 0.315 e. The van der Waals surface area contributed by atoms with Crippen LogP contribution in [0.1, 0.15) is 26.7 Å². The van der Waals surface area contributed by atoms with Crippen LogP contribution in [0.3, 0.4) is 0 Å². The number of likely N-dealkylation sites (N-methyl/N-ethyl adjacent to an activating group) is 1. The molecule has 1 aliphatic carbocycles. The number of aliphatic carboxylic acids is 1. The predicted molar refractivity (Wildman–Crippen MR) is 77.6 cm³/mol. The molecule has 114 valence electrons. The van der Waals surface area contributed by atoms with Gasteiger partial charge in [0.25, 0.3) is 0 Å². The lowest BCUT2D eigenvalue weighted by Crippen LogP contribution is -2.44. The maximum absolute atomic E-state index is 11.7. The van der Waals surface area contributed by atoms with Crippen LogP contribution in [0.15, 0.2) is 12.2 Å². The molecule has 0 fully saturated rings. The Labute approximate surface area is 120 Å². The number of nitrogens with one attached hydrogen (secondary N) is 2. The monoisotopic (exact) mass is 283 g/mol. The van der Waals surface area contributed by atoms with Crippen LogP contribution in [-0.2, 0) is 4.79 Å². The molecule has 0 aromatic heterocycles. The summed E-state index contributed by atoms with van der Waals surface area (Å²) < 4.78 is 0. The highest BCUT2D eigenvalue weighted by Crippen LogP contribution is 2.17. The maximum atomic E-state index is 11.7. The van der Waals surface area contributed by atoms with Gasteiger partial charge in [-0.15, -0.1) is 0 Å². The van der Waals surface area contributed by atoms with Crippen molar-refractivity contribution < 1.29 is 14.7 Å². The molecule has 0 radical (unpaired) electrons. The first-order valence-corrected chi connectivity index (χ1v) is 7.09. The van der Waals surface area contributed by atoms with Gasteiger partial charge in [0.1, 0.15) is 0 Å². The fourth-order valence-electron chi connectivity index (χ4n) is 2.09. The van der Waals surface area contributed by atoms with E-state index in [1.165, 1.54) is 0 Å². The SMILES string of the molecule is CCC(C)N(C)CCNC(=O)NC1C=CC(C(=O)O)C1. The molecule has 3 unspecified atom stereocenters. The average Bonchev–Trinajstić information content (AvgIpc) is 2.86. The van der Waals surface area contributed by atoms with Gasteiger partial charge in [0.15, 0.2) is 0 Å². The number of carboxylic acid groups (broad SMARTS) is 1. The lowest BCUT2D eigenvalue weighted by molar-refractivity contribution is -0.140. The first kappa shape index (κ1) is 16.5. The summed E-state index contributed by atoms with van der Waals surface area (Å²) in [6.07, 6.45) is 4.87. The highest BCUT2D eigenvalue weighted by molar-refractivity contribution is 5.76. The van der Waals surface area contributed by atoms with Crippen molar-refractivity contribution in [3.8, 4) is 0 Å². The van der Waals surface area contributed by atoms with Crippen molar-refractivity contribution in [2.45, 2.75) is 38.8 Å². The standard InChI is InChI=1S/C14H25N3O3/c1-4-10(2)17(3)8-7-15-14(20)16-12-6-5-11(9-12)13(18)19/h5-6,10-12H,4,7-9H2,1-3H3,(H,18,19)(H2,15,16,20). The first-order chi connectivity index (χ1) is 9.43. The summed E-state index contributed by atoms with van der Waals surface area (Å²) in [5.74, 6) is -1.34. The second-order valence-corrected chi connectivity index (χ2v) is 5.31. The van der Waals surface area contributed by atoms with E-state index in [1.54, 1.807) is 12.2 Å². The molecule has 2 amide bonds. The zero-order valence-electron chi connectivity index (χ0n) is 12.4. The summed E-state index contributed by atoms with van der Waals surface area (Å²) >= 11 is 0. The number of amides is 2. The van der Waals surface area contributed by atoms with Crippen LogP contribution in [0.5, 0.6) is 0 Å². The van der Waals surface area contributed by atoms with E-state index in [0.29, 0.717) is 19.0 Å². The third-order valence-electron chi connectivity index (χ3n) is 3.81. The number of urea groups is 1. The van der Waals surface area contributed by atoms with Crippen molar-refractivity contribution in [1.29, 1.82) is 0 Å². The summed E-state index contributed by atoms with van der Waals surface area (Å²) in [4.78, 5) is 24.7. The number of carbonyl (C=O) groups excluding carboxylic acids is 1. The lowest BCUT2D eigenvalue weighted by atomic mass is 10.1. The Hall–Kier alpha value is -1.56. The Morgan fingerprint density at radius 1 is 1.45 bits per heavy atom. The van der Waals surface area contributed by atoms with Crippen molar-refractivity contribution in [3.63, 3.8) is 0 Å². The third-order valence-corrected chi connectivity index (χ3v) is 3.81. The van der Waals surface area contributed by atoms with Crippen LogP contribution in [-0.4, -0.2) is 54.2 Å². The molecule has 0 aromatic rings. The summed E-state index contributed by atoms with van der Waals surface area (Å²) in [6, 6.07) is 0.0561. The Kier molecular flexibility index (Phi) is 6.51. The minimum Gasteiger partial charge on any atom is -0.481 e. The Morgan fingerprint density at radius 3 is 2.70 bits per heavy atom. The van der Waals surface area contributed by atoms with E-state index in [2.05, 4.69) is 29.4 Å². The molecule has 6 heteroatoms. The zero-order valence-corrected chi connectivity index (χ0v) is 12.4. The molecule has 0 heterocycles. The Balaban J connectivity index is 2.19. The molecule has 1 rings (SSSR count). The van der Waals surface area contributed by atoms with Gasteiger partial charge in [-0.05, 0) is 26.8 Å². The van der Waals surface area contributed by atoms with Crippen molar-refractivity contribution in [2.75, 3.05) is 20.1 Å². The van der Waals surface area contributed by atoms with Crippen LogP contribution in [0.25, 0.3) is 0 Å².